The van der Waals surface area contributed by atoms with Gasteiger partial charge in [-0.25, -0.2) is 0 Å². The maximum atomic E-state index is 12.4. The van der Waals surface area contributed by atoms with E-state index in [0.717, 1.165) is 38.3 Å². The van der Waals surface area contributed by atoms with E-state index in [-0.39, 0.29) is 18.1 Å². The van der Waals surface area contributed by atoms with Crippen molar-refractivity contribution in [3.8, 4) is 5.75 Å². The van der Waals surface area contributed by atoms with E-state index < -0.39 is 0 Å². The molecule has 2 aliphatic rings. The molecule has 5 nitrogen and oxygen atoms in total. The first kappa shape index (κ1) is 20.2. The van der Waals surface area contributed by atoms with E-state index in [0.29, 0.717) is 19.6 Å². The fourth-order valence-electron chi connectivity index (χ4n) is 4.10. The molecule has 0 spiro atoms. The Bertz CT molecular complexity index is 563. The van der Waals surface area contributed by atoms with Crippen LogP contribution in [-0.2, 0) is 9.53 Å². The third-order valence-electron chi connectivity index (χ3n) is 5.59. The molecule has 0 aromatic heterocycles. The molecule has 1 aromatic carbocycles. The van der Waals surface area contributed by atoms with Gasteiger partial charge >= 0.3 is 0 Å². The summed E-state index contributed by atoms with van der Waals surface area (Å²) in [5.74, 6) is 1.01. The molecule has 0 bridgehead atoms. The Morgan fingerprint density at radius 2 is 1.96 bits per heavy atom. The number of carbonyl (C=O) groups excluding carboxylic acids is 1. The monoisotopic (exact) mass is 374 g/mol. The highest BCUT2D eigenvalue weighted by Crippen LogP contribution is 2.26. The molecule has 2 atom stereocenters. The van der Waals surface area contributed by atoms with E-state index in [1.807, 2.05) is 19.1 Å². The fourth-order valence-corrected chi connectivity index (χ4v) is 4.10. The van der Waals surface area contributed by atoms with Crippen LogP contribution in [0.2, 0.25) is 0 Å². The van der Waals surface area contributed by atoms with Crippen molar-refractivity contribution in [1.29, 1.82) is 0 Å². The van der Waals surface area contributed by atoms with Gasteiger partial charge in [-0.05, 0) is 69.8 Å². The minimum Gasteiger partial charge on any atom is -0.494 e. The minimum atomic E-state index is 0.0951. The molecule has 27 heavy (non-hydrogen) atoms. The van der Waals surface area contributed by atoms with Crippen LogP contribution in [0, 0.1) is 0 Å². The van der Waals surface area contributed by atoms with Crippen molar-refractivity contribution < 1.29 is 14.3 Å². The van der Waals surface area contributed by atoms with Gasteiger partial charge in [-0.3, -0.25) is 9.69 Å². The maximum absolute atomic E-state index is 12.4. The zero-order valence-electron chi connectivity index (χ0n) is 16.6. The van der Waals surface area contributed by atoms with Gasteiger partial charge in [0.05, 0.1) is 25.2 Å². The van der Waals surface area contributed by atoms with Gasteiger partial charge in [0, 0.05) is 13.2 Å². The average molecular weight is 375 g/mol. The van der Waals surface area contributed by atoms with Crippen LogP contribution in [0.4, 0.5) is 0 Å². The summed E-state index contributed by atoms with van der Waals surface area (Å²) < 4.78 is 11.3. The zero-order valence-corrected chi connectivity index (χ0v) is 16.6. The highest BCUT2D eigenvalue weighted by molar-refractivity contribution is 5.76. The molecule has 150 valence electrons. The van der Waals surface area contributed by atoms with E-state index in [9.17, 15) is 4.79 Å². The van der Waals surface area contributed by atoms with E-state index in [2.05, 4.69) is 22.3 Å². The van der Waals surface area contributed by atoms with Crippen molar-refractivity contribution in [2.75, 3.05) is 32.8 Å². The Kier molecular flexibility index (Phi) is 7.96. The Hall–Kier alpha value is -1.59. The Morgan fingerprint density at radius 1 is 1.19 bits per heavy atom. The van der Waals surface area contributed by atoms with Gasteiger partial charge in [-0.2, -0.15) is 0 Å². The highest BCUT2D eigenvalue weighted by atomic mass is 16.5. The number of nitrogens with zero attached hydrogens (tertiary/aromatic N) is 1. The molecule has 2 aliphatic heterocycles. The van der Waals surface area contributed by atoms with Crippen molar-refractivity contribution in [2.24, 2.45) is 0 Å². The lowest BCUT2D eigenvalue weighted by atomic mass is 10.0. The normalized spacial score (nSPS) is 22.2. The van der Waals surface area contributed by atoms with Crippen LogP contribution in [0.15, 0.2) is 24.3 Å². The van der Waals surface area contributed by atoms with Gasteiger partial charge < -0.3 is 14.8 Å². The van der Waals surface area contributed by atoms with Crippen molar-refractivity contribution in [3.63, 3.8) is 0 Å². The van der Waals surface area contributed by atoms with Crippen LogP contribution in [0.3, 0.4) is 0 Å². The summed E-state index contributed by atoms with van der Waals surface area (Å²) in [6, 6.07) is 8.57. The molecule has 0 saturated carbocycles. The zero-order chi connectivity index (χ0) is 18.9. The number of benzene rings is 1. The first-order valence-electron chi connectivity index (χ1n) is 10.6. The van der Waals surface area contributed by atoms with Gasteiger partial charge in [-0.1, -0.05) is 18.6 Å². The molecule has 0 radical (unpaired) electrons. The Labute approximate surface area is 163 Å². The SMILES string of the molecule is CCOc1ccc(C(CNC(=O)CC2CCCCO2)N2CCCCC2)cc1. The van der Waals surface area contributed by atoms with Crippen LogP contribution in [0.1, 0.15) is 63.5 Å². The molecule has 5 heteroatoms. The molecule has 1 aromatic rings. The predicted molar refractivity (Wildman–Crippen MR) is 107 cm³/mol. The van der Waals surface area contributed by atoms with Crippen LogP contribution in [0.5, 0.6) is 5.75 Å². The van der Waals surface area contributed by atoms with Gasteiger partial charge in [0.15, 0.2) is 0 Å². The van der Waals surface area contributed by atoms with E-state index in [1.165, 1.54) is 31.2 Å². The first-order chi connectivity index (χ1) is 13.3. The number of ether oxygens (including phenoxy) is 2. The van der Waals surface area contributed by atoms with Crippen LogP contribution in [-0.4, -0.2) is 49.8 Å². The number of amides is 1. The van der Waals surface area contributed by atoms with Gasteiger partial charge in [0.2, 0.25) is 5.91 Å². The highest BCUT2D eigenvalue weighted by Gasteiger charge is 2.24. The second kappa shape index (κ2) is 10.7. The third kappa shape index (κ3) is 6.22. The summed E-state index contributed by atoms with van der Waals surface area (Å²) in [5.41, 5.74) is 1.24. The van der Waals surface area contributed by atoms with Gasteiger partial charge in [-0.15, -0.1) is 0 Å². The van der Waals surface area contributed by atoms with Crippen molar-refractivity contribution in [2.45, 2.75) is 64.0 Å². The minimum absolute atomic E-state index is 0.0951. The molecular formula is C22H34N2O3. The summed E-state index contributed by atoms with van der Waals surface area (Å²) >= 11 is 0. The number of piperidine rings is 1. The number of nitrogens with one attached hydrogen (secondary N) is 1. The molecule has 1 amide bonds. The number of hydrogen-bond acceptors (Lipinski definition) is 4. The van der Waals surface area contributed by atoms with E-state index in [4.69, 9.17) is 9.47 Å². The van der Waals surface area contributed by atoms with Crippen molar-refractivity contribution >= 4 is 5.91 Å². The third-order valence-corrected chi connectivity index (χ3v) is 5.59. The maximum Gasteiger partial charge on any atom is 0.222 e. The smallest absolute Gasteiger partial charge is 0.222 e. The Balaban J connectivity index is 1.59. The molecule has 1 N–H and O–H groups in total. The summed E-state index contributed by atoms with van der Waals surface area (Å²) in [6.45, 7) is 6.31. The molecule has 3 rings (SSSR count). The number of likely N-dealkylation sites (tertiary alicyclic amines) is 1. The lowest BCUT2D eigenvalue weighted by Gasteiger charge is -2.35. The molecule has 2 fully saturated rings. The van der Waals surface area contributed by atoms with Crippen molar-refractivity contribution in [1.82, 2.24) is 10.2 Å². The molecule has 2 heterocycles. The van der Waals surface area contributed by atoms with E-state index >= 15 is 0 Å². The Morgan fingerprint density at radius 3 is 2.63 bits per heavy atom. The standard InChI is InChI=1S/C22H34N2O3/c1-2-26-19-11-9-18(10-12-19)21(24-13-5-3-6-14-24)17-23-22(25)16-20-8-4-7-15-27-20/h9-12,20-21H,2-8,13-17H2,1H3,(H,23,25). The van der Waals surface area contributed by atoms with Crippen LogP contribution >= 0.6 is 0 Å². The summed E-state index contributed by atoms with van der Waals surface area (Å²) in [7, 11) is 0. The number of rotatable bonds is 8. The molecular weight excluding hydrogens is 340 g/mol. The summed E-state index contributed by atoms with van der Waals surface area (Å²) in [6.07, 6.45) is 7.63. The summed E-state index contributed by atoms with van der Waals surface area (Å²) in [5, 5.41) is 3.17. The quantitative estimate of drug-likeness (QED) is 0.754. The van der Waals surface area contributed by atoms with Gasteiger partial charge in [0.25, 0.3) is 0 Å². The fraction of sp³-hybridized carbons (Fsp3) is 0.682. The van der Waals surface area contributed by atoms with Crippen LogP contribution < -0.4 is 10.1 Å². The lowest BCUT2D eigenvalue weighted by molar-refractivity contribution is -0.125. The van der Waals surface area contributed by atoms with Crippen molar-refractivity contribution in [3.05, 3.63) is 29.8 Å². The average Bonchev–Trinajstić information content (AvgIpc) is 2.71. The topological polar surface area (TPSA) is 50.8 Å². The van der Waals surface area contributed by atoms with E-state index in [1.54, 1.807) is 0 Å². The largest absolute Gasteiger partial charge is 0.494 e. The van der Waals surface area contributed by atoms with Crippen LogP contribution in [0.25, 0.3) is 0 Å². The second-order valence-corrected chi connectivity index (χ2v) is 7.61. The molecule has 0 aliphatic carbocycles. The molecule has 2 unspecified atom stereocenters. The first-order valence-corrected chi connectivity index (χ1v) is 10.6. The predicted octanol–water partition coefficient (Wildman–Crippen LogP) is 3.69. The second-order valence-electron chi connectivity index (χ2n) is 7.61. The number of carbonyl (C=O) groups is 1. The molecule has 2 saturated heterocycles. The lowest BCUT2D eigenvalue weighted by Crippen LogP contribution is -2.41. The summed E-state index contributed by atoms with van der Waals surface area (Å²) in [4.78, 5) is 14.9. The number of hydrogen-bond donors (Lipinski definition) is 1. The van der Waals surface area contributed by atoms with Gasteiger partial charge in [0.1, 0.15) is 5.75 Å².